The van der Waals surface area contributed by atoms with Crippen molar-refractivity contribution in [3.63, 3.8) is 0 Å². The van der Waals surface area contributed by atoms with Gasteiger partial charge in [0, 0.05) is 5.92 Å². The normalized spacial score (nSPS) is 21.7. The van der Waals surface area contributed by atoms with E-state index < -0.39 is 0 Å². The van der Waals surface area contributed by atoms with Gasteiger partial charge in [0.2, 0.25) is 0 Å². The largest absolute Gasteiger partial charge is 0.236 e. The van der Waals surface area contributed by atoms with Crippen LogP contribution in [-0.2, 0) is 11.5 Å². The number of hydrogen-bond donors (Lipinski definition) is 0. The van der Waals surface area contributed by atoms with E-state index in [-0.39, 0.29) is 6.61 Å². The molecular formula is C10H11O. The van der Waals surface area contributed by atoms with Crippen LogP contribution in [-0.4, -0.2) is 6.61 Å². The Morgan fingerprint density at radius 2 is 2.18 bits per heavy atom. The molecule has 11 heavy (non-hydrogen) atoms. The van der Waals surface area contributed by atoms with Crippen LogP contribution in [0.15, 0.2) is 24.3 Å². The van der Waals surface area contributed by atoms with Crippen LogP contribution in [0, 0.1) is 0 Å². The Bertz CT molecular complexity index is 255. The molecule has 1 heteroatoms. The number of benzene rings is 1. The van der Waals surface area contributed by atoms with Gasteiger partial charge in [-0.05, 0) is 24.0 Å². The maximum atomic E-state index is 10.7. The summed E-state index contributed by atoms with van der Waals surface area (Å²) in [5, 5.41) is 10.7. The summed E-state index contributed by atoms with van der Waals surface area (Å²) in [6, 6.07) is 8.29. The molecule has 0 N–H and O–H groups in total. The molecule has 0 heterocycles. The molecule has 1 unspecified atom stereocenters. The lowest BCUT2D eigenvalue weighted by molar-refractivity contribution is 0.172. The van der Waals surface area contributed by atoms with Gasteiger partial charge in [-0.2, -0.15) is 0 Å². The van der Waals surface area contributed by atoms with Crippen LogP contribution < -0.4 is 0 Å². The smallest absolute Gasteiger partial charge is 0.0891 e. The first-order chi connectivity index (χ1) is 5.42. The summed E-state index contributed by atoms with van der Waals surface area (Å²) < 4.78 is 0. The van der Waals surface area contributed by atoms with Gasteiger partial charge in [-0.3, -0.25) is 0 Å². The highest BCUT2D eigenvalue weighted by Crippen LogP contribution is 2.31. The lowest BCUT2D eigenvalue weighted by Crippen LogP contribution is -1.96. The summed E-state index contributed by atoms with van der Waals surface area (Å²) in [6.45, 7) is 0.0526. The molecule has 1 aliphatic carbocycles. The van der Waals surface area contributed by atoms with E-state index in [1.807, 2.05) is 12.1 Å². The number of fused-ring (bicyclic) bond motifs is 1. The van der Waals surface area contributed by atoms with Crippen LogP contribution in [0.3, 0.4) is 0 Å². The topological polar surface area (TPSA) is 19.9 Å². The second-order valence-corrected chi connectivity index (χ2v) is 3.10. The highest BCUT2D eigenvalue weighted by atomic mass is 16.3. The van der Waals surface area contributed by atoms with E-state index in [2.05, 4.69) is 12.1 Å². The third-order valence-electron chi connectivity index (χ3n) is 2.46. The second kappa shape index (κ2) is 2.67. The van der Waals surface area contributed by atoms with Crippen molar-refractivity contribution in [1.82, 2.24) is 0 Å². The van der Waals surface area contributed by atoms with Crippen molar-refractivity contribution in [3.8, 4) is 0 Å². The predicted molar refractivity (Wildman–Crippen MR) is 43.1 cm³/mol. The third kappa shape index (κ3) is 1.05. The van der Waals surface area contributed by atoms with Gasteiger partial charge in [-0.15, -0.1) is 0 Å². The minimum Gasteiger partial charge on any atom is -0.236 e. The molecule has 0 bridgehead atoms. The minimum atomic E-state index is 0.0526. The highest BCUT2D eigenvalue weighted by molar-refractivity contribution is 5.34. The molecule has 1 aromatic carbocycles. The molecule has 0 saturated carbocycles. The molecule has 1 atom stereocenters. The minimum absolute atomic E-state index is 0.0526. The molecule has 0 aliphatic heterocycles. The zero-order chi connectivity index (χ0) is 7.68. The van der Waals surface area contributed by atoms with Crippen LogP contribution in [0.25, 0.3) is 0 Å². The molecular weight excluding hydrogens is 136 g/mol. The van der Waals surface area contributed by atoms with E-state index in [0.717, 1.165) is 12.8 Å². The van der Waals surface area contributed by atoms with E-state index in [1.54, 1.807) is 0 Å². The SMILES string of the molecule is [O]CC1CCc2ccccc21. The fourth-order valence-electron chi connectivity index (χ4n) is 1.82. The van der Waals surface area contributed by atoms with Gasteiger partial charge in [0.05, 0.1) is 6.61 Å². The van der Waals surface area contributed by atoms with Crippen molar-refractivity contribution in [2.24, 2.45) is 0 Å². The zero-order valence-corrected chi connectivity index (χ0v) is 6.42. The summed E-state index contributed by atoms with van der Waals surface area (Å²) in [4.78, 5) is 0. The Kier molecular flexibility index (Phi) is 1.66. The summed E-state index contributed by atoms with van der Waals surface area (Å²) in [6.07, 6.45) is 2.16. The maximum Gasteiger partial charge on any atom is 0.0891 e. The van der Waals surface area contributed by atoms with E-state index in [1.165, 1.54) is 11.1 Å². The van der Waals surface area contributed by atoms with Gasteiger partial charge < -0.3 is 0 Å². The van der Waals surface area contributed by atoms with Gasteiger partial charge in [0.1, 0.15) is 0 Å². The Hall–Kier alpha value is -0.820. The molecule has 0 saturated heterocycles. The van der Waals surface area contributed by atoms with Crippen LogP contribution >= 0.6 is 0 Å². The Balaban J connectivity index is 2.39. The number of aryl methyl sites for hydroxylation is 1. The quantitative estimate of drug-likeness (QED) is 0.580. The van der Waals surface area contributed by atoms with E-state index in [0.29, 0.717) is 5.92 Å². The summed E-state index contributed by atoms with van der Waals surface area (Å²) >= 11 is 0. The summed E-state index contributed by atoms with van der Waals surface area (Å²) in [7, 11) is 0. The predicted octanol–water partition coefficient (Wildman–Crippen LogP) is 2.15. The van der Waals surface area contributed by atoms with Crippen molar-refractivity contribution < 1.29 is 5.11 Å². The van der Waals surface area contributed by atoms with Gasteiger partial charge in [-0.25, -0.2) is 5.11 Å². The molecule has 57 valence electrons. The molecule has 2 rings (SSSR count). The Morgan fingerprint density at radius 1 is 1.36 bits per heavy atom. The molecule has 0 aromatic heterocycles. The molecule has 1 aliphatic rings. The van der Waals surface area contributed by atoms with E-state index in [4.69, 9.17) is 0 Å². The van der Waals surface area contributed by atoms with Gasteiger partial charge in [0.25, 0.3) is 0 Å². The number of hydrogen-bond acceptors (Lipinski definition) is 0. The van der Waals surface area contributed by atoms with Gasteiger partial charge >= 0.3 is 0 Å². The fourth-order valence-corrected chi connectivity index (χ4v) is 1.82. The van der Waals surface area contributed by atoms with Crippen molar-refractivity contribution in [2.45, 2.75) is 18.8 Å². The first-order valence-electron chi connectivity index (χ1n) is 4.07. The standard InChI is InChI=1S/C10H11O/c11-7-9-6-5-8-3-1-2-4-10(8)9/h1-4,9H,5-7H2. The lowest BCUT2D eigenvalue weighted by atomic mass is 10.0. The molecule has 0 fully saturated rings. The Labute approximate surface area is 66.7 Å². The van der Waals surface area contributed by atoms with Crippen LogP contribution in [0.5, 0.6) is 0 Å². The van der Waals surface area contributed by atoms with Crippen LogP contribution in [0.2, 0.25) is 0 Å². The zero-order valence-electron chi connectivity index (χ0n) is 6.42. The van der Waals surface area contributed by atoms with Gasteiger partial charge in [-0.1, -0.05) is 24.3 Å². The summed E-state index contributed by atoms with van der Waals surface area (Å²) in [5.74, 6) is 0.297. The molecule has 1 aromatic rings. The molecule has 1 radical (unpaired) electrons. The van der Waals surface area contributed by atoms with E-state index >= 15 is 0 Å². The second-order valence-electron chi connectivity index (χ2n) is 3.10. The lowest BCUT2D eigenvalue weighted by Gasteiger charge is -2.04. The average Bonchev–Trinajstić information content (AvgIpc) is 2.47. The summed E-state index contributed by atoms with van der Waals surface area (Å²) in [5.41, 5.74) is 2.68. The van der Waals surface area contributed by atoms with Crippen LogP contribution in [0.1, 0.15) is 23.5 Å². The van der Waals surface area contributed by atoms with Gasteiger partial charge in [0.15, 0.2) is 0 Å². The third-order valence-corrected chi connectivity index (χ3v) is 2.46. The van der Waals surface area contributed by atoms with Crippen LogP contribution in [0.4, 0.5) is 0 Å². The Morgan fingerprint density at radius 3 is 3.00 bits per heavy atom. The van der Waals surface area contributed by atoms with Crippen molar-refractivity contribution >= 4 is 0 Å². The first kappa shape index (κ1) is 6.86. The monoisotopic (exact) mass is 147 g/mol. The fraction of sp³-hybridized carbons (Fsp3) is 0.400. The number of rotatable bonds is 1. The van der Waals surface area contributed by atoms with Crippen molar-refractivity contribution in [2.75, 3.05) is 6.61 Å². The molecule has 1 nitrogen and oxygen atoms in total. The van der Waals surface area contributed by atoms with E-state index in [9.17, 15) is 5.11 Å². The first-order valence-corrected chi connectivity index (χ1v) is 4.07. The van der Waals surface area contributed by atoms with Crippen molar-refractivity contribution in [3.05, 3.63) is 35.4 Å². The maximum absolute atomic E-state index is 10.7. The molecule has 0 amide bonds. The highest BCUT2D eigenvalue weighted by Gasteiger charge is 2.20. The van der Waals surface area contributed by atoms with Crippen molar-refractivity contribution in [1.29, 1.82) is 0 Å². The molecule has 0 spiro atoms. The average molecular weight is 147 g/mol.